The van der Waals surface area contributed by atoms with Crippen molar-refractivity contribution in [2.45, 2.75) is 11.7 Å². The number of H-pyrrole nitrogens is 1. The van der Waals surface area contributed by atoms with Crippen molar-refractivity contribution in [2.24, 2.45) is 10.2 Å². The molecule has 0 bridgehead atoms. The molecule has 8 heteroatoms. The summed E-state index contributed by atoms with van der Waals surface area (Å²) in [4.78, 5) is 28.0. The van der Waals surface area contributed by atoms with E-state index in [1.54, 1.807) is 12.3 Å². The Labute approximate surface area is 157 Å². The maximum atomic E-state index is 12.2. The summed E-state index contributed by atoms with van der Waals surface area (Å²) < 4.78 is 0. The van der Waals surface area contributed by atoms with Crippen LogP contribution in [0.5, 0.6) is 0 Å². The van der Waals surface area contributed by atoms with Gasteiger partial charge in [-0.15, -0.1) is 16.4 Å². The Morgan fingerprint density at radius 2 is 2.12 bits per heavy atom. The first kappa shape index (κ1) is 16.7. The molecular weight excluding hydrogens is 368 g/mol. The van der Waals surface area contributed by atoms with E-state index in [0.717, 1.165) is 16.5 Å². The Kier molecular flexibility index (Phi) is 4.68. The van der Waals surface area contributed by atoms with Crippen LogP contribution in [0.25, 0.3) is 10.9 Å². The van der Waals surface area contributed by atoms with E-state index < -0.39 is 5.25 Å². The molecule has 6 nitrogen and oxygen atoms in total. The number of nitrogens with zero attached hydrogens (tertiary/aromatic N) is 2. The average molecular weight is 382 g/mol. The molecule has 3 heterocycles. The molecule has 2 N–H and O–H groups in total. The highest BCUT2D eigenvalue weighted by Gasteiger charge is 2.32. The molecule has 0 aliphatic carbocycles. The van der Waals surface area contributed by atoms with Gasteiger partial charge < -0.3 is 10.3 Å². The maximum absolute atomic E-state index is 12.2. The van der Waals surface area contributed by atoms with Gasteiger partial charge in [0.15, 0.2) is 11.0 Å². The summed E-state index contributed by atoms with van der Waals surface area (Å²) in [6.07, 6.45) is 3.65. The van der Waals surface area contributed by atoms with Crippen LogP contribution >= 0.6 is 23.1 Å². The topological polar surface area (TPSA) is 86.7 Å². The normalized spacial score (nSPS) is 18.8. The third-order valence-electron chi connectivity index (χ3n) is 3.91. The molecule has 1 amide bonds. The van der Waals surface area contributed by atoms with Gasteiger partial charge in [0.25, 0.3) is 0 Å². The molecule has 4 rings (SSSR count). The Morgan fingerprint density at radius 1 is 1.23 bits per heavy atom. The Hall–Kier alpha value is -2.71. The van der Waals surface area contributed by atoms with Crippen LogP contribution in [0.3, 0.4) is 0 Å². The molecule has 1 fully saturated rings. The predicted octanol–water partition coefficient (Wildman–Crippen LogP) is 3.42. The van der Waals surface area contributed by atoms with Gasteiger partial charge in [-0.1, -0.05) is 36.0 Å². The van der Waals surface area contributed by atoms with Gasteiger partial charge in [-0.3, -0.25) is 9.59 Å². The van der Waals surface area contributed by atoms with Crippen molar-refractivity contribution in [2.75, 3.05) is 0 Å². The number of nitrogens with one attached hydrogen (secondary N) is 2. The highest BCUT2D eigenvalue weighted by Crippen LogP contribution is 2.25. The van der Waals surface area contributed by atoms with Crippen LogP contribution in [0.15, 0.2) is 58.2 Å². The maximum Gasteiger partial charge on any atom is 0.240 e. The zero-order valence-corrected chi connectivity index (χ0v) is 15.1. The van der Waals surface area contributed by atoms with Crippen LogP contribution in [0.2, 0.25) is 0 Å². The third-order valence-corrected chi connectivity index (χ3v) is 5.89. The number of aromatic amines is 1. The molecule has 130 valence electrons. The van der Waals surface area contributed by atoms with Crippen LogP contribution < -0.4 is 5.32 Å². The van der Waals surface area contributed by atoms with Gasteiger partial charge in [0.05, 0.1) is 16.3 Å². The summed E-state index contributed by atoms with van der Waals surface area (Å²) in [7, 11) is 0. The van der Waals surface area contributed by atoms with Gasteiger partial charge in [-0.25, -0.2) is 0 Å². The van der Waals surface area contributed by atoms with E-state index in [4.69, 9.17) is 0 Å². The van der Waals surface area contributed by atoms with Gasteiger partial charge in [-0.05, 0) is 17.5 Å². The molecule has 1 aliphatic rings. The van der Waals surface area contributed by atoms with Gasteiger partial charge in [0, 0.05) is 29.1 Å². The summed E-state index contributed by atoms with van der Waals surface area (Å²) in [5, 5.41) is 13.7. The molecular formula is C18H14N4O2S2. The van der Waals surface area contributed by atoms with Crippen molar-refractivity contribution in [3.63, 3.8) is 0 Å². The second kappa shape index (κ2) is 7.27. The number of carbonyl (C=O) groups excluding carboxylic acids is 2. The number of para-hydroxylation sites is 1. The van der Waals surface area contributed by atoms with Gasteiger partial charge in [-0.2, -0.15) is 5.10 Å². The molecule has 0 spiro atoms. The quantitative estimate of drug-likeness (QED) is 0.403. The fourth-order valence-electron chi connectivity index (χ4n) is 2.64. The molecule has 0 saturated carbocycles. The lowest BCUT2D eigenvalue weighted by molar-refractivity contribution is -0.118. The fraction of sp³-hybridized carbons (Fsp3) is 0.111. The molecule has 1 aliphatic heterocycles. The number of ketones is 1. The predicted molar refractivity (Wildman–Crippen MR) is 106 cm³/mol. The Bertz CT molecular complexity index is 1020. The van der Waals surface area contributed by atoms with Crippen molar-refractivity contribution in [1.29, 1.82) is 0 Å². The number of carbonyl (C=O) groups is 2. The first-order chi connectivity index (χ1) is 12.7. The summed E-state index contributed by atoms with van der Waals surface area (Å²) >= 11 is 2.62. The Morgan fingerprint density at radius 3 is 2.96 bits per heavy atom. The van der Waals surface area contributed by atoms with E-state index in [1.165, 1.54) is 23.1 Å². The summed E-state index contributed by atoms with van der Waals surface area (Å²) in [6.45, 7) is 0. The van der Waals surface area contributed by atoms with Crippen LogP contribution in [0.1, 0.15) is 21.7 Å². The number of hydrogen-bond acceptors (Lipinski definition) is 6. The molecule has 1 saturated heterocycles. The fourth-order valence-corrected chi connectivity index (χ4v) is 4.24. The van der Waals surface area contributed by atoms with E-state index in [9.17, 15) is 9.59 Å². The second-order valence-electron chi connectivity index (χ2n) is 5.64. The highest BCUT2D eigenvalue weighted by molar-refractivity contribution is 8.15. The molecule has 1 aromatic carbocycles. The van der Waals surface area contributed by atoms with Crippen LogP contribution in [-0.4, -0.2) is 33.3 Å². The number of amidine groups is 1. The van der Waals surface area contributed by atoms with Gasteiger partial charge in [0.1, 0.15) is 0 Å². The van der Waals surface area contributed by atoms with Crippen molar-refractivity contribution in [3.05, 3.63) is 58.4 Å². The van der Waals surface area contributed by atoms with Crippen molar-refractivity contribution < 1.29 is 9.59 Å². The minimum Gasteiger partial charge on any atom is -0.361 e. The largest absolute Gasteiger partial charge is 0.361 e. The number of thioether (sulfide) groups is 1. The van der Waals surface area contributed by atoms with Crippen molar-refractivity contribution >= 4 is 57.1 Å². The molecule has 2 aromatic heterocycles. The minimum atomic E-state index is -0.466. The average Bonchev–Trinajstić information content (AvgIpc) is 3.37. The second-order valence-corrected chi connectivity index (χ2v) is 7.78. The third kappa shape index (κ3) is 3.47. The minimum absolute atomic E-state index is 0.0313. The number of fused-ring (bicyclic) bond motifs is 1. The lowest BCUT2D eigenvalue weighted by Gasteiger charge is -2.02. The highest BCUT2D eigenvalue weighted by atomic mass is 32.2. The van der Waals surface area contributed by atoms with E-state index in [2.05, 4.69) is 20.5 Å². The van der Waals surface area contributed by atoms with E-state index in [1.807, 2.05) is 41.9 Å². The summed E-state index contributed by atoms with van der Waals surface area (Å²) in [5.74, 6) is -0.239. The van der Waals surface area contributed by atoms with E-state index in [0.29, 0.717) is 10.0 Å². The summed E-state index contributed by atoms with van der Waals surface area (Å²) in [5.41, 5.74) is 1.95. The number of aromatic nitrogens is 1. The molecule has 3 aromatic rings. The molecule has 0 radical (unpaired) electrons. The standard InChI is InChI=1S/C18H14N4O2S2/c23-14(15-6-3-7-25-15)8-16-17(24)21-18(26-16)22-20-10-11-9-19-13-5-2-1-4-12(11)13/h1-7,9-10,16,19H,8H2,(H,21,22,24)/b20-10+. The van der Waals surface area contributed by atoms with Crippen LogP contribution in [-0.2, 0) is 4.79 Å². The zero-order chi connectivity index (χ0) is 17.9. The first-order valence-electron chi connectivity index (χ1n) is 7.92. The number of amides is 1. The molecule has 1 unspecified atom stereocenters. The number of thiophene rings is 1. The number of rotatable bonds is 5. The van der Waals surface area contributed by atoms with Gasteiger partial charge >= 0.3 is 0 Å². The van der Waals surface area contributed by atoms with Crippen molar-refractivity contribution in [1.82, 2.24) is 10.3 Å². The Balaban J connectivity index is 1.42. The van der Waals surface area contributed by atoms with E-state index in [-0.39, 0.29) is 18.1 Å². The SMILES string of the molecule is O=C(CC1S/C(=N\N=C\c2c[nH]c3ccccc23)NC1=O)c1cccs1. The smallest absolute Gasteiger partial charge is 0.240 e. The van der Waals surface area contributed by atoms with Crippen LogP contribution in [0.4, 0.5) is 0 Å². The lowest BCUT2D eigenvalue weighted by Crippen LogP contribution is -2.26. The summed E-state index contributed by atoms with van der Waals surface area (Å²) in [6, 6.07) is 11.5. The monoisotopic (exact) mass is 382 g/mol. The van der Waals surface area contributed by atoms with Crippen molar-refractivity contribution in [3.8, 4) is 0 Å². The van der Waals surface area contributed by atoms with Crippen LogP contribution in [0, 0.1) is 0 Å². The van der Waals surface area contributed by atoms with E-state index >= 15 is 0 Å². The van der Waals surface area contributed by atoms with Gasteiger partial charge in [0.2, 0.25) is 5.91 Å². The number of hydrogen-bond donors (Lipinski definition) is 2. The molecule has 26 heavy (non-hydrogen) atoms. The first-order valence-corrected chi connectivity index (χ1v) is 9.68. The zero-order valence-electron chi connectivity index (χ0n) is 13.5. The molecule has 1 atom stereocenters. The number of benzene rings is 1. The lowest BCUT2D eigenvalue weighted by atomic mass is 10.2. The number of Topliss-reactive ketones (excluding diaryl/α,β-unsaturated/α-hetero) is 1.